The molecule has 0 saturated heterocycles. The maximum Gasteiger partial charge on any atom is 0.141 e. The Balaban J connectivity index is 0.000000116. The molecule has 56 heavy (non-hydrogen) atoms. The maximum atomic E-state index is 10.3. The topological polar surface area (TPSA) is 198 Å². The molecule has 1 heterocycles. The van der Waals surface area contributed by atoms with E-state index in [1.165, 1.54) is 36.8 Å². The lowest BCUT2D eigenvalue weighted by Gasteiger charge is -2.27. The smallest absolute Gasteiger partial charge is 0.141 e. The van der Waals surface area contributed by atoms with Crippen molar-refractivity contribution in [2.45, 2.75) is 51.4 Å². The van der Waals surface area contributed by atoms with Crippen molar-refractivity contribution in [2.75, 3.05) is 22.9 Å². The van der Waals surface area contributed by atoms with Crippen LogP contribution in [0.1, 0.15) is 47.9 Å². The van der Waals surface area contributed by atoms with Gasteiger partial charge in [-0.1, -0.05) is 72.8 Å². The number of anilines is 4. The summed E-state index contributed by atoms with van der Waals surface area (Å²) in [6.07, 6.45) is 10.6. The number of hydrogen-bond acceptors (Lipinski definition) is 9. The molecule has 0 unspecified atom stereocenters. The minimum absolute atomic E-state index is 0.166. The average Bonchev–Trinajstić information content (AvgIpc) is 3.25. The van der Waals surface area contributed by atoms with E-state index in [-0.39, 0.29) is 11.5 Å². The maximum absolute atomic E-state index is 10.3. The molecule has 1 aromatic heterocycles. The van der Waals surface area contributed by atoms with E-state index < -0.39 is 0 Å². The Morgan fingerprint density at radius 2 is 0.804 bits per heavy atom. The van der Waals surface area contributed by atoms with Gasteiger partial charge in [0.1, 0.15) is 28.5 Å². The Labute approximate surface area is 325 Å². The van der Waals surface area contributed by atoms with Crippen LogP contribution in [0, 0.1) is 0 Å². The second-order valence-corrected chi connectivity index (χ2v) is 14.2. The molecular formula is C47H47N5O4. The summed E-state index contributed by atoms with van der Waals surface area (Å²) in [5, 5.41) is 45.3. The number of phenols is 4. The lowest BCUT2D eigenvalue weighted by molar-refractivity contribution is 0.449. The molecule has 8 aromatic rings. The molecule has 7 aromatic carbocycles. The van der Waals surface area contributed by atoms with Crippen LogP contribution >= 0.6 is 0 Å². The van der Waals surface area contributed by atoms with E-state index in [1.54, 1.807) is 36.5 Å². The Hall–Kier alpha value is -6.87. The van der Waals surface area contributed by atoms with Crippen molar-refractivity contribution in [2.24, 2.45) is 0 Å². The minimum atomic E-state index is 0.166. The van der Waals surface area contributed by atoms with Crippen molar-refractivity contribution < 1.29 is 20.4 Å². The third-order valence-corrected chi connectivity index (χ3v) is 10.8. The third kappa shape index (κ3) is 7.31. The minimum Gasteiger partial charge on any atom is -0.507 e. The highest BCUT2D eigenvalue weighted by atomic mass is 16.3. The largest absolute Gasteiger partial charge is 0.507 e. The molecule has 0 spiro atoms. The normalized spacial score (nSPS) is 13.0. The molecule has 9 nitrogen and oxygen atoms in total. The molecular weight excluding hydrogens is 699 g/mol. The Kier molecular flexibility index (Phi) is 10.9. The number of pyridine rings is 1. The second kappa shape index (κ2) is 16.2. The van der Waals surface area contributed by atoms with E-state index in [1.807, 2.05) is 78.9 Å². The Bertz CT molecular complexity index is 2350. The number of benzene rings is 7. The fraction of sp³-hybridized carbons (Fsp3) is 0.170. The van der Waals surface area contributed by atoms with Gasteiger partial charge in [0.2, 0.25) is 0 Å². The molecule has 9 heteroatoms. The molecule has 12 N–H and O–H groups in total. The van der Waals surface area contributed by atoms with E-state index in [9.17, 15) is 20.4 Å². The SMILES string of the molecule is Nc1c2c(c(O)c3c1CCCC3)CCCC2.Nc1c2ccccc2c(O)c2ccccc12.Nc1ccc(O)c2ccccc12.Nc1ccc(O)c2ncccc12. The van der Waals surface area contributed by atoms with Gasteiger partial charge in [-0.2, -0.15) is 0 Å². The predicted octanol–water partition coefficient (Wildman–Crippen LogP) is 9.66. The first-order chi connectivity index (χ1) is 27.2. The number of rotatable bonds is 0. The predicted molar refractivity (Wildman–Crippen MR) is 231 cm³/mol. The fourth-order valence-electron chi connectivity index (χ4n) is 7.92. The summed E-state index contributed by atoms with van der Waals surface area (Å²) in [5.41, 5.74) is 32.2. The molecule has 0 amide bonds. The zero-order valence-electron chi connectivity index (χ0n) is 31.2. The van der Waals surface area contributed by atoms with Crippen molar-refractivity contribution in [3.8, 4) is 23.0 Å². The van der Waals surface area contributed by atoms with Gasteiger partial charge in [-0.25, -0.2) is 0 Å². The number of aromatic nitrogens is 1. The van der Waals surface area contributed by atoms with Crippen LogP contribution in [-0.4, -0.2) is 25.4 Å². The van der Waals surface area contributed by atoms with Gasteiger partial charge in [-0.05, 0) is 110 Å². The van der Waals surface area contributed by atoms with Crippen LogP contribution in [-0.2, 0) is 25.7 Å². The first-order valence-corrected chi connectivity index (χ1v) is 19.0. The van der Waals surface area contributed by atoms with Gasteiger partial charge in [0.25, 0.3) is 0 Å². The van der Waals surface area contributed by atoms with E-state index in [0.29, 0.717) is 28.4 Å². The van der Waals surface area contributed by atoms with Crippen LogP contribution in [0.15, 0.2) is 115 Å². The third-order valence-electron chi connectivity index (χ3n) is 10.8. The number of fused-ring (bicyclic) bond motifs is 6. The molecule has 0 saturated carbocycles. The van der Waals surface area contributed by atoms with Crippen molar-refractivity contribution in [3.63, 3.8) is 0 Å². The first kappa shape index (κ1) is 37.4. The summed E-state index contributed by atoms with van der Waals surface area (Å²) in [6, 6.07) is 32.9. The number of nitrogens with zero attached hydrogens (tertiary/aromatic N) is 1. The van der Waals surface area contributed by atoms with E-state index in [2.05, 4.69) is 4.98 Å². The van der Waals surface area contributed by atoms with Crippen molar-refractivity contribution in [1.82, 2.24) is 4.98 Å². The number of aromatic hydroxyl groups is 4. The zero-order valence-corrected chi connectivity index (χ0v) is 31.2. The van der Waals surface area contributed by atoms with Crippen LogP contribution in [0.4, 0.5) is 22.7 Å². The van der Waals surface area contributed by atoms with Gasteiger partial charge in [-0.15, -0.1) is 0 Å². The van der Waals surface area contributed by atoms with Gasteiger partial charge in [0.05, 0.1) is 0 Å². The van der Waals surface area contributed by atoms with E-state index in [0.717, 1.165) is 85.9 Å². The number of nitrogen functional groups attached to an aromatic ring is 4. The summed E-state index contributed by atoms with van der Waals surface area (Å²) in [5.74, 6) is 1.33. The van der Waals surface area contributed by atoms with Crippen molar-refractivity contribution in [3.05, 3.63) is 138 Å². The summed E-state index contributed by atoms with van der Waals surface area (Å²) in [6.45, 7) is 0. The summed E-state index contributed by atoms with van der Waals surface area (Å²) in [7, 11) is 0. The average molecular weight is 746 g/mol. The van der Waals surface area contributed by atoms with Crippen LogP contribution in [0.25, 0.3) is 43.2 Å². The van der Waals surface area contributed by atoms with E-state index in [4.69, 9.17) is 22.9 Å². The van der Waals surface area contributed by atoms with Crippen LogP contribution in [0.2, 0.25) is 0 Å². The van der Waals surface area contributed by atoms with Crippen molar-refractivity contribution >= 4 is 66.0 Å². The highest BCUT2D eigenvalue weighted by Gasteiger charge is 2.25. The number of nitrogens with two attached hydrogens (primary N) is 4. The van der Waals surface area contributed by atoms with Crippen molar-refractivity contribution in [1.29, 1.82) is 0 Å². The van der Waals surface area contributed by atoms with Gasteiger partial charge in [0, 0.05) is 66.6 Å². The highest BCUT2D eigenvalue weighted by molar-refractivity contribution is 6.14. The molecule has 0 aliphatic heterocycles. The fourth-order valence-corrected chi connectivity index (χ4v) is 7.92. The number of phenolic OH excluding ortho intramolecular Hbond substituents is 4. The quantitative estimate of drug-likeness (QED) is 0.0423. The summed E-state index contributed by atoms with van der Waals surface area (Å²) < 4.78 is 0. The monoisotopic (exact) mass is 745 g/mol. The molecule has 0 atom stereocenters. The molecule has 10 rings (SSSR count). The van der Waals surface area contributed by atoms with Gasteiger partial charge in [-0.3, -0.25) is 4.98 Å². The Morgan fingerprint density at radius 3 is 1.32 bits per heavy atom. The van der Waals surface area contributed by atoms with E-state index >= 15 is 0 Å². The van der Waals surface area contributed by atoms with Gasteiger partial charge in [0.15, 0.2) is 0 Å². The molecule has 0 fully saturated rings. The van der Waals surface area contributed by atoms with Crippen LogP contribution in [0.3, 0.4) is 0 Å². The number of hydrogen-bond donors (Lipinski definition) is 8. The van der Waals surface area contributed by atoms with Crippen LogP contribution in [0.5, 0.6) is 23.0 Å². The highest BCUT2D eigenvalue weighted by Crippen LogP contribution is 2.42. The lowest BCUT2D eigenvalue weighted by atomic mass is 9.81. The van der Waals surface area contributed by atoms with Gasteiger partial charge >= 0.3 is 0 Å². The molecule has 284 valence electrons. The first-order valence-electron chi connectivity index (χ1n) is 19.0. The second-order valence-electron chi connectivity index (χ2n) is 14.2. The standard InChI is InChI=1S/C14H19NO.C14H11NO.C10H9NO.C9H8N2O/c2*15-13-9-5-1-3-7-11(9)14(16)12-8-4-2-6-10(12)13;11-9-5-6-10(12)8-4-2-1-3-7(8)9;10-7-3-4-8(12)9-6(7)2-1-5-11-9/h16H,1-8,15H2;1-8,16H,15H2;1-6,12H,11H2;1-5,12H,10H2. The Morgan fingerprint density at radius 1 is 0.375 bits per heavy atom. The van der Waals surface area contributed by atoms with Gasteiger partial charge < -0.3 is 43.4 Å². The zero-order chi connectivity index (χ0) is 39.3. The molecule has 2 aliphatic rings. The summed E-state index contributed by atoms with van der Waals surface area (Å²) >= 11 is 0. The molecule has 0 bridgehead atoms. The summed E-state index contributed by atoms with van der Waals surface area (Å²) in [4.78, 5) is 4.01. The van der Waals surface area contributed by atoms with Crippen LogP contribution < -0.4 is 22.9 Å². The molecule has 0 radical (unpaired) electrons. The lowest BCUT2D eigenvalue weighted by Crippen LogP contribution is -2.14. The molecule has 2 aliphatic carbocycles.